The van der Waals surface area contributed by atoms with Crippen LogP contribution in [0.2, 0.25) is 0 Å². The van der Waals surface area contributed by atoms with Crippen LogP contribution < -0.4 is 10.3 Å². The van der Waals surface area contributed by atoms with Crippen LogP contribution in [0.1, 0.15) is 35.5 Å². The Kier molecular flexibility index (Phi) is 5.27. The van der Waals surface area contributed by atoms with Crippen molar-refractivity contribution in [3.05, 3.63) is 57.3 Å². The molecule has 2 aromatic rings. The third-order valence-electron chi connectivity index (χ3n) is 5.70. The number of methoxy groups -OCH3 is 1. The maximum absolute atomic E-state index is 12.4. The largest absolute Gasteiger partial charge is 0.491 e. The van der Waals surface area contributed by atoms with E-state index in [9.17, 15) is 4.79 Å². The molecule has 0 aliphatic carbocycles. The molecule has 1 N–H and O–H groups in total. The van der Waals surface area contributed by atoms with Crippen molar-refractivity contribution in [3.8, 4) is 5.75 Å². The van der Waals surface area contributed by atoms with Gasteiger partial charge in [-0.25, -0.2) is 4.98 Å². The summed E-state index contributed by atoms with van der Waals surface area (Å²) in [7, 11) is 1.67. The van der Waals surface area contributed by atoms with Crippen LogP contribution >= 0.6 is 0 Å². The summed E-state index contributed by atoms with van der Waals surface area (Å²) >= 11 is 0. The molecule has 1 saturated heterocycles. The van der Waals surface area contributed by atoms with E-state index in [1.807, 2.05) is 19.1 Å². The third-order valence-corrected chi connectivity index (χ3v) is 5.70. The van der Waals surface area contributed by atoms with Crippen molar-refractivity contribution in [1.82, 2.24) is 14.9 Å². The molecule has 2 aliphatic rings. The molecule has 4 rings (SSSR count). The van der Waals surface area contributed by atoms with Gasteiger partial charge >= 0.3 is 0 Å². The van der Waals surface area contributed by atoms with Crippen molar-refractivity contribution < 1.29 is 9.47 Å². The highest BCUT2D eigenvalue weighted by molar-refractivity contribution is 5.28. The van der Waals surface area contributed by atoms with Gasteiger partial charge in [-0.2, -0.15) is 0 Å². The second-order valence-electron chi connectivity index (χ2n) is 7.53. The molecule has 0 saturated carbocycles. The lowest BCUT2D eigenvalue weighted by molar-refractivity contribution is 0.146. The molecule has 144 valence electrons. The van der Waals surface area contributed by atoms with Gasteiger partial charge in [0.1, 0.15) is 18.2 Å². The lowest BCUT2D eigenvalue weighted by Crippen LogP contribution is -2.36. The molecule has 27 heavy (non-hydrogen) atoms. The molecule has 1 aromatic carbocycles. The topological polar surface area (TPSA) is 67.5 Å². The predicted molar refractivity (Wildman–Crippen MR) is 103 cm³/mol. The normalized spacial score (nSPS) is 21.7. The second kappa shape index (κ2) is 7.82. The van der Waals surface area contributed by atoms with Gasteiger partial charge in [-0.1, -0.05) is 12.1 Å². The number of H-pyrrole nitrogens is 1. The summed E-state index contributed by atoms with van der Waals surface area (Å²) in [5.41, 5.74) is 3.20. The number of ether oxygens (including phenoxy) is 2. The number of nitrogens with one attached hydrogen (secondary N) is 1. The summed E-state index contributed by atoms with van der Waals surface area (Å²) in [6.45, 7) is 3.91. The van der Waals surface area contributed by atoms with E-state index >= 15 is 0 Å². The molecular formula is C21H27N3O3. The van der Waals surface area contributed by atoms with Crippen LogP contribution in [-0.4, -0.2) is 47.3 Å². The molecule has 0 radical (unpaired) electrons. The highest BCUT2D eigenvalue weighted by Gasteiger charge is 2.38. The molecule has 0 spiro atoms. The van der Waals surface area contributed by atoms with Crippen LogP contribution in [0, 0.1) is 6.92 Å². The highest BCUT2D eigenvalue weighted by atomic mass is 16.5. The number of hydrogen-bond donors (Lipinski definition) is 1. The Balaban J connectivity index is 1.47. The number of aryl methyl sites for hydroxylation is 1. The predicted octanol–water partition coefficient (Wildman–Crippen LogP) is 2.24. The molecule has 2 bridgehead atoms. The SMILES string of the molecule is COCCOc1ccc(CN2[C@@H]3CC[C@@H]2Cc2c(nc(C)[nH]c2=O)C3)cc1. The van der Waals surface area contributed by atoms with Gasteiger partial charge in [0, 0.05) is 37.7 Å². The van der Waals surface area contributed by atoms with E-state index in [0.29, 0.717) is 31.1 Å². The highest BCUT2D eigenvalue weighted by Crippen LogP contribution is 2.33. The number of benzene rings is 1. The minimum Gasteiger partial charge on any atom is -0.491 e. The Morgan fingerprint density at radius 1 is 1.15 bits per heavy atom. The van der Waals surface area contributed by atoms with Gasteiger partial charge in [0.2, 0.25) is 0 Å². The zero-order chi connectivity index (χ0) is 18.8. The third kappa shape index (κ3) is 3.92. The molecular weight excluding hydrogens is 342 g/mol. The van der Waals surface area contributed by atoms with Gasteiger partial charge in [-0.05, 0) is 43.9 Å². The Morgan fingerprint density at radius 2 is 1.89 bits per heavy atom. The van der Waals surface area contributed by atoms with E-state index in [4.69, 9.17) is 9.47 Å². The van der Waals surface area contributed by atoms with Crippen molar-refractivity contribution in [2.75, 3.05) is 20.3 Å². The molecule has 3 heterocycles. The van der Waals surface area contributed by atoms with Gasteiger partial charge in [0.25, 0.3) is 5.56 Å². The first kappa shape index (κ1) is 18.2. The van der Waals surface area contributed by atoms with Gasteiger partial charge in [-0.15, -0.1) is 0 Å². The molecule has 2 atom stereocenters. The fraction of sp³-hybridized carbons (Fsp3) is 0.524. The van der Waals surface area contributed by atoms with E-state index in [2.05, 4.69) is 27.0 Å². The zero-order valence-corrected chi connectivity index (χ0v) is 16.0. The average Bonchev–Trinajstić information content (AvgIpc) is 2.92. The monoisotopic (exact) mass is 369 g/mol. The number of aromatic amines is 1. The van der Waals surface area contributed by atoms with Crippen LogP contribution in [-0.2, 0) is 24.1 Å². The fourth-order valence-electron chi connectivity index (χ4n) is 4.36. The number of aromatic nitrogens is 2. The number of hydrogen-bond acceptors (Lipinski definition) is 5. The fourth-order valence-corrected chi connectivity index (χ4v) is 4.36. The van der Waals surface area contributed by atoms with Gasteiger partial charge in [0.05, 0.1) is 12.3 Å². The van der Waals surface area contributed by atoms with E-state index in [1.54, 1.807) is 7.11 Å². The Morgan fingerprint density at radius 3 is 2.63 bits per heavy atom. The standard InChI is InChI=1S/C21H27N3O3/c1-14-22-20-12-17-6-5-16(11-19(20)21(25)23-14)24(17)13-15-3-7-18(8-4-15)27-10-9-26-2/h3-4,7-8,16-17H,5-6,9-13H2,1-2H3,(H,22,23,25)/t16-,17-/m1/s1. The average molecular weight is 369 g/mol. The van der Waals surface area contributed by atoms with Gasteiger partial charge in [-0.3, -0.25) is 9.69 Å². The molecule has 1 fully saturated rings. The number of fused-ring (bicyclic) bond motifs is 3. The van der Waals surface area contributed by atoms with Crippen molar-refractivity contribution in [2.45, 2.75) is 51.2 Å². The first-order chi connectivity index (χ1) is 13.1. The van der Waals surface area contributed by atoms with Crippen LogP contribution in [0.15, 0.2) is 29.1 Å². The minimum atomic E-state index is 0.0440. The van der Waals surface area contributed by atoms with Crippen molar-refractivity contribution in [3.63, 3.8) is 0 Å². The Hall–Kier alpha value is -2.18. The summed E-state index contributed by atoms with van der Waals surface area (Å²) in [5, 5.41) is 0. The quantitative estimate of drug-likeness (QED) is 0.791. The van der Waals surface area contributed by atoms with Crippen molar-refractivity contribution in [2.24, 2.45) is 0 Å². The van der Waals surface area contributed by atoms with Gasteiger partial charge in [0.15, 0.2) is 0 Å². The number of nitrogens with zero attached hydrogens (tertiary/aromatic N) is 2. The maximum atomic E-state index is 12.4. The lowest BCUT2D eigenvalue weighted by atomic mass is 9.98. The van der Waals surface area contributed by atoms with Crippen LogP contribution in [0.3, 0.4) is 0 Å². The van der Waals surface area contributed by atoms with Crippen LogP contribution in [0.5, 0.6) is 5.75 Å². The van der Waals surface area contributed by atoms with E-state index < -0.39 is 0 Å². The van der Waals surface area contributed by atoms with E-state index in [-0.39, 0.29) is 5.56 Å². The Bertz CT molecular complexity index is 847. The van der Waals surface area contributed by atoms with Crippen molar-refractivity contribution in [1.29, 1.82) is 0 Å². The summed E-state index contributed by atoms with van der Waals surface area (Å²) in [6.07, 6.45) is 3.99. The Labute approximate surface area is 159 Å². The molecule has 2 aliphatic heterocycles. The van der Waals surface area contributed by atoms with Gasteiger partial charge < -0.3 is 14.5 Å². The molecule has 0 amide bonds. The lowest BCUT2D eigenvalue weighted by Gasteiger charge is -2.28. The number of rotatable bonds is 6. The zero-order valence-electron chi connectivity index (χ0n) is 16.0. The van der Waals surface area contributed by atoms with Crippen molar-refractivity contribution >= 4 is 0 Å². The van der Waals surface area contributed by atoms with E-state index in [1.165, 1.54) is 12.0 Å². The minimum absolute atomic E-state index is 0.0440. The molecule has 0 unspecified atom stereocenters. The summed E-state index contributed by atoms with van der Waals surface area (Å²) < 4.78 is 10.7. The molecule has 1 aromatic heterocycles. The smallest absolute Gasteiger partial charge is 0.254 e. The molecule has 6 heteroatoms. The van der Waals surface area contributed by atoms with E-state index in [0.717, 1.165) is 42.8 Å². The summed E-state index contributed by atoms with van der Waals surface area (Å²) in [4.78, 5) is 22.5. The van der Waals surface area contributed by atoms with Crippen LogP contribution in [0.25, 0.3) is 0 Å². The molecule has 6 nitrogen and oxygen atoms in total. The summed E-state index contributed by atoms with van der Waals surface area (Å²) in [6, 6.07) is 9.19. The maximum Gasteiger partial charge on any atom is 0.254 e. The summed E-state index contributed by atoms with van der Waals surface area (Å²) in [5.74, 6) is 1.58. The second-order valence-corrected chi connectivity index (χ2v) is 7.53. The first-order valence-electron chi connectivity index (χ1n) is 9.69. The first-order valence-corrected chi connectivity index (χ1v) is 9.69. The van der Waals surface area contributed by atoms with Crippen LogP contribution in [0.4, 0.5) is 0 Å².